The minimum Gasteiger partial charge on any atom is -0.506 e. The second-order valence-electron chi connectivity index (χ2n) is 8.08. The van der Waals surface area contributed by atoms with Crippen LogP contribution >= 0.6 is 35.0 Å². The Morgan fingerprint density at radius 2 is 1.77 bits per heavy atom. The van der Waals surface area contributed by atoms with Crippen LogP contribution < -0.4 is 9.47 Å². The normalized spacial score (nSPS) is 15.1. The maximum atomic E-state index is 12.8. The molecule has 0 atom stereocenters. The number of carbonyl (C=O) groups is 2. The molecule has 0 aliphatic carbocycles. The molecule has 4 rings (SSSR count). The zero-order chi connectivity index (χ0) is 27.9. The van der Waals surface area contributed by atoms with Gasteiger partial charge in [0, 0.05) is 5.02 Å². The molecule has 200 valence electrons. The van der Waals surface area contributed by atoms with E-state index in [4.69, 9.17) is 37.4 Å². The van der Waals surface area contributed by atoms with Gasteiger partial charge in [-0.1, -0.05) is 65.3 Å². The van der Waals surface area contributed by atoms with E-state index in [1.54, 1.807) is 61.5 Å². The first-order chi connectivity index (χ1) is 18.8. The first-order valence-electron chi connectivity index (χ1n) is 11.7. The number of aliphatic hydroxyl groups is 1. The summed E-state index contributed by atoms with van der Waals surface area (Å²) in [6, 6.07) is 19.0. The fraction of sp³-hybridized carbons (Fsp3) is 0.138. The van der Waals surface area contributed by atoms with Gasteiger partial charge in [0.25, 0.3) is 5.91 Å². The van der Waals surface area contributed by atoms with Gasteiger partial charge in [0.15, 0.2) is 11.5 Å². The molecule has 1 aliphatic heterocycles. The molecule has 1 aliphatic rings. The van der Waals surface area contributed by atoms with Gasteiger partial charge in [-0.15, -0.1) is 0 Å². The molecule has 39 heavy (non-hydrogen) atoms. The average molecular weight is 584 g/mol. The maximum Gasteiger partial charge on any atom is 0.344 e. The summed E-state index contributed by atoms with van der Waals surface area (Å²) in [6.45, 7) is 2.04. The maximum absolute atomic E-state index is 12.8. The third-order valence-electron chi connectivity index (χ3n) is 5.47. The van der Waals surface area contributed by atoms with Crippen LogP contribution in [0.25, 0.3) is 6.08 Å². The number of aliphatic imine (C=N–C) groups is 1. The zero-order valence-electron chi connectivity index (χ0n) is 20.9. The number of hydrogen-bond acceptors (Lipinski definition) is 7. The fourth-order valence-electron chi connectivity index (χ4n) is 3.57. The standard InChI is InChI=1S/C29H23Cl2NO6S/c1-3-37-29(35)25-26(33)24(39-28(25)32-27(34)20-6-4-5-7-21(20)31)15-18-10-13-22(23(14-18)36-2)38-16-17-8-11-19(30)12-9-17/h4-15,33H,3,16H2,1-2H3/b24-15-,32-28?. The largest absolute Gasteiger partial charge is 0.506 e. The lowest BCUT2D eigenvalue weighted by Gasteiger charge is -2.12. The average Bonchev–Trinajstić information content (AvgIpc) is 3.22. The van der Waals surface area contributed by atoms with Crippen LogP contribution in [0.2, 0.25) is 10.0 Å². The molecule has 0 saturated heterocycles. The van der Waals surface area contributed by atoms with Crippen LogP contribution in [0.4, 0.5) is 0 Å². The Hall–Kier alpha value is -3.72. The second kappa shape index (κ2) is 12.9. The Labute approximate surface area is 239 Å². The molecule has 0 saturated carbocycles. The lowest BCUT2D eigenvalue weighted by molar-refractivity contribution is -0.138. The van der Waals surface area contributed by atoms with Crippen LogP contribution in [0.1, 0.15) is 28.4 Å². The van der Waals surface area contributed by atoms with Crippen molar-refractivity contribution in [3.05, 3.63) is 110 Å². The Bertz CT molecular complexity index is 1500. The van der Waals surface area contributed by atoms with Crippen molar-refractivity contribution in [3.63, 3.8) is 0 Å². The number of halogens is 2. The van der Waals surface area contributed by atoms with Crippen molar-refractivity contribution in [1.82, 2.24) is 0 Å². The molecule has 0 bridgehead atoms. The second-order valence-corrected chi connectivity index (χ2v) is 9.96. The van der Waals surface area contributed by atoms with Crippen LogP contribution in [0.15, 0.2) is 88.0 Å². The fourth-order valence-corrected chi connectivity index (χ4v) is 4.92. The minimum absolute atomic E-state index is 0.0111. The highest BCUT2D eigenvalue weighted by atomic mass is 35.5. The van der Waals surface area contributed by atoms with Crippen molar-refractivity contribution in [1.29, 1.82) is 0 Å². The number of hydrogen-bond donors (Lipinski definition) is 1. The number of rotatable bonds is 8. The van der Waals surface area contributed by atoms with E-state index in [9.17, 15) is 14.7 Å². The third kappa shape index (κ3) is 6.84. The topological polar surface area (TPSA) is 94.4 Å². The van der Waals surface area contributed by atoms with Crippen molar-refractivity contribution in [2.45, 2.75) is 13.5 Å². The number of esters is 1. The molecular weight excluding hydrogens is 561 g/mol. The Morgan fingerprint density at radius 3 is 2.46 bits per heavy atom. The molecule has 1 heterocycles. The first kappa shape index (κ1) is 28.3. The summed E-state index contributed by atoms with van der Waals surface area (Å²) >= 11 is 13.0. The van der Waals surface area contributed by atoms with Gasteiger partial charge in [-0.05, 0) is 60.5 Å². The molecule has 0 radical (unpaired) electrons. The highest BCUT2D eigenvalue weighted by Crippen LogP contribution is 2.40. The van der Waals surface area contributed by atoms with Gasteiger partial charge >= 0.3 is 5.97 Å². The SMILES string of the molecule is CCOC(=O)C1=C(O)/C(=C/c2ccc(OCc3ccc(Cl)cc3)c(OC)c2)SC1=NC(=O)c1ccccc1Cl. The Balaban J connectivity index is 1.62. The van der Waals surface area contributed by atoms with Gasteiger partial charge in [0.2, 0.25) is 0 Å². The summed E-state index contributed by atoms with van der Waals surface area (Å²) in [7, 11) is 1.52. The van der Waals surface area contributed by atoms with Crippen molar-refractivity contribution < 1.29 is 28.9 Å². The molecule has 3 aromatic carbocycles. The number of amides is 1. The first-order valence-corrected chi connectivity index (χ1v) is 13.3. The van der Waals surface area contributed by atoms with Crippen LogP contribution in [-0.4, -0.2) is 35.7 Å². The number of benzene rings is 3. The lowest BCUT2D eigenvalue weighted by atomic mass is 10.1. The molecule has 10 heteroatoms. The number of methoxy groups -OCH3 is 1. The summed E-state index contributed by atoms with van der Waals surface area (Å²) in [5.74, 6) is -0.791. The highest BCUT2D eigenvalue weighted by molar-refractivity contribution is 8.18. The number of nitrogens with zero attached hydrogens (tertiary/aromatic N) is 1. The molecule has 1 amide bonds. The smallest absolute Gasteiger partial charge is 0.344 e. The summed E-state index contributed by atoms with van der Waals surface area (Å²) in [4.78, 5) is 29.9. The van der Waals surface area contributed by atoms with Crippen molar-refractivity contribution in [2.24, 2.45) is 4.99 Å². The van der Waals surface area contributed by atoms with E-state index in [1.165, 1.54) is 13.2 Å². The highest BCUT2D eigenvalue weighted by Gasteiger charge is 2.34. The van der Waals surface area contributed by atoms with Crippen molar-refractivity contribution in [2.75, 3.05) is 13.7 Å². The number of thioether (sulfide) groups is 1. The van der Waals surface area contributed by atoms with E-state index in [1.807, 2.05) is 12.1 Å². The number of carbonyl (C=O) groups excluding carboxylic acids is 2. The summed E-state index contributed by atoms with van der Waals surface area (Å²) < 4.78 is 16.5. The molecular formula is C29H23Cl2NO6S. The summed E-state index contributed by atoms with van der Waals surface area (Å²) in [6.07, 6.45) is 1.65. The van der Waals surface area contributed by atoms with Crippen molar-refractivity contribution in [3.8, 4) is 11.5 Å². The predicted molar refractivity (Wildman–Crippen MR) is 154 cm³/mol. The van der Waals surface area contributed by atoms with Gasteiger partial charge in [-0.25, -0.2) is 9.79 Å². The van der Waals surface area contributed by atoms with Gasteiger partial charge < -0.3 is 19.3 Å². The van der Waals surface area contributed by atoms with Gasteiger partial charge in [-0.3, -0.25) is 4.79 Å². The van der Waals surface area contributed by atoms with E-state index >= 15 is 0 Å². The van der Waals surface area contributed by atoms with Gasteiger partial charge in [-0.2, -0.15) is 0 Å². The molecule has 1 N–H and O–H groups in total. The number of aliphatic hydroxyl groups excluding tert-OH is 1. The van der Waals surface area contributed by atoms with E-state index in [-0.39, 0.29) is 33.6 Å². The van der Waals surface area contributed by atoms with Crippen LogP contribution in [0.3, 0.4) is 0 Å². The Kier molecular flexibility index (Phi) is 9.35. The van der Waals surface area contributed by atoms with E-state index in [2.05, 4.69) is 4.99 Å². The van der Waals surface area contributed by atoms with Crippen molar-refractivity contribution >= 4 is 58.0 Å². The zero-order valence-corrected chi connectivity index (χ0v) is 23.3. The van der Waals surface area contributed by atoms with Gasteiger partial charge in [0.1, 0.15) is 23.0 Å². The number of ether oxygens (including phenoxy) is 3. The summed E-state index contributed by atoms with van der Waals surface area (Å²) in [5, 5.41) is 11.8. The van der Waals surface area contributed by atoms with E-state index in [0.717, 1.165) is 17.3 Å². The van der Waals surface area contributed by atoms with E-state index < -0.39 is 11.9 Å². The third-order valence-corrected chi connectivity index (χ3v) is 7.07. The molecule has 7 nitrogen and oxygen atoms in total. The minimum atomic E-state index is -0.792. The molecule has 0 unspecified atom stereocenters. The van der Waals surface area contributed by atoms with Crippen LogP contribution in [-0.2, 0) is 16.1 Å². The molecule has 0 spiro atoms. The molecule has 3 aromatic rings. The molecule has 0 aromatic heterocycles. The lowest BCUT2D eigenvalue weighted by Crippen LogP contribution is -2.14. The van der Waals surface area contributed by atoms with Crippen LogP contribution in [0, 0.1) is 0 Å². The van der Waals surface area contributed by atoms with Crippen LogP contribution in [0.5, 0.6) is 11.5 Å². The monoisotopic (exact) mass is 583 g/mol. The van der Waals surface area contributed by atoms with Gasteiger partial charge in [0.05, 0.1) is 29.2 Å². The Morgan fingerprint density at radius 1 is 1.03 bits per heavy atom. The quantitative estimate of drug-likeness (QED) is 0.278. The molecule has 0 fully saturated rings. The predicted octanol–water partition coefficient (Wildman–Crippen LogP) is 7.28. The summed E-state index contributed by atoms with van der Waals surface area (Å²) in [5.41, 5.74) is 1.58. The van der Waals surface area contributed by atoms with E-state index in [0.29, 0.717) is 33.6 Å².